The lowest BCUT2D eigenvalue weighted by Crippen LogP contribution is -2.69. The lowest BCUT2D eigenvalue weighted by atomic mass is 10.0. The fraction of sp³-hybridized carbons (Fsp3) is 0.0952. The predicted molar refractivity (Wildman–Crippen MR) is 123 cm³/mol. The highest BCUT2D eigenvalue weighted by Gasteiger charge is 2.15. The molecule has 6 nitrogen and oxygen atoms in total. The van der Waals surface area contributed by atoms with Gasteiger partial charge in [0.25, 0.3) is 0 Å². The van der Waals surface area contributed by atoms with Gasteiger partial charge in [-0.05, 0) is 98.8 Å². The summed E-state index contributed by atoms with van der Waals surface area (Å²) in [6.07, 6.45) is 0.277. The van der Waals surface area contributed by atoms with E-state index in [9.17, 15) is 20.1 Å². The van der Waals surface area contributed by atoms with Crippen molar-refractivity contribution in [2.45, 2.75) is 12.5 Å². The first-order valence-corrected chi connectivity index (χ1v) is 10.7. The molecule has 150 valence electrons. The number of carbonyl (C=O) groups is 1. The number of hydrogen-bond donors (Lipinski definition) is 3. The molecule has 3 aromatic rings. The number of carboxylic acids is 1. The first-order valence-electron chi connectivity index (χ1n) is 8.56. The van der Waals surface area contributed by atoms with Crippen LogP contribution in [-0.4, -0.2) is 22.2 Å². The number of aromatic hydroxyl groups is 2. The summed E-state index contributed by atoms with van der Waals surface area (Å²) in [5, 5.41) is 30.6. The molecule has 0 aliphatic rings. The Morgan fingerprint density at radius 3 is 2.24 bits per heavy atom. The van der Waals surface area contributed by atoms with Gasteiger partial charge in [0.05, 0.1) is 13.1 Å². The second kappa shape index (κ2) is 9.18. The summed E-state index contributed by atoms with van der Waals surface area (Å²) in [5.41, 5.74) is 5.76. The summed E-state index contributed by atoms with van der Waals surface area (Å²) in [5.74, 6) is 0.256. The minimum atomic E-state index is -1.18. The van der Waals surface area contributed by atoms with E-state index in [1.54, 1.807) is 42.5 Å². The molecule has 0 fully saturated rings. The average Bonchev–Trinajstić information content (AvgIpc) is 2.66. The highest BCUT2D eigenvalue weighted by Crippen LogP contribution is 2.37. The number of aliphatic carboxylic acids is 1. The van der Waals surface area contributed by atoms with Crippen LogP contribution >= 0.6 is 45.2 Å². The summed E-state index contributed by atoms with van der Waals surface area (Å²) in [4.78, 5) is 10.9. The number of halogens is 2. The Kier molecular flexibility index (Phi) is 6.85. The van der Waals surface area contributed by atoms with Gasteiger partial charge >= 0.3 is 0 Å². The van der Waals surface area contributed by atoms with Crippen LogP contribution in [0.4, 0.5) is 0 Å². The molecule has 0 aromatic heterocycles. The van der Waals surface area contributed by atoms with Gasteiger partial charge in [0.2, 0.25) is 0 Å². The standard InChI is InChI=1S/C21H17I2NO5/c22-16-7-11(9-18(24)21(27)28)8-17(23)20(16)29-14-5-6-19(26)15(10-14)12-1-3-13(25)4-2-12/h1-8,10,18,25-26H,9,24H2,(H,27,28). The van der Waals surface area contributed by atoms with E-state index in [4.69, 9.17) is 4.74 Å². The van der Waals surface area contributed by atoms with Crippen molar-refractivity contribution < 1.29 is 30.6 Å². The van der Waals surface area contributed by atoms with Gasteiger partial charge in [0.1, 0.15) is 23.3 Å². The van der Waals surface area contributed by atoms with E-state index in [0.29, 0.717) is 17.1 Å². The lowest BCUT2D eigenvalue weighted by Gasteiger charge is -2.15. The predicted octanol–water partition coefficient (Wildman–Crippen LogP) is 2.67. The quantitative estimate of drug-likeness (QED) is 0.368. The maximum Gasteiger partial charge on any atom is 0.154 e. The third kappa shape index (κ3) is 5.31. The van der Waals surface area contributed by atoms with Crippen LogP contribution in [0.25, 0.3) is 11.1 Å². The van der Waals surface area contributed by atoms with Gasteiger partial charge in [-0.15, -0.1) is 0 Å². The smallest absolute Gasteiger partial charge is 0.154 e. The number of carboxylic acid groups (broad SMARTS) is 1. The number of carbonyl (C=O) groups excluding carboxylic acids is 1. The Morgan fingerprint density at radius 2 is 1.66 bits per heavy atom. The summed E-state index contributed by atoms with van der Waals surface area (Å²) >= 11 is 4.29. The third-order valence-electron chi connectivity index (χ3n) is 4.24. The van der Waals surface area contributed by atoms with Gasteiger partial charge in [-0.2, -0.15) is 0 Å². The van der Waals surface area contributed by atoms with Gasteiger partial charge in [-0.1, -0.05) is 12.1 Å². The summed E-state index contributed by atoms with van der Waals surface area (Å²) in [7, 11) is 0. The van der Waals surface area contributed by atoms with Crippen molar-refractivity contribution in [3.8, 4) is 34.1 Å². The molecule has 0 spiro atoms. The molecule has 1 unspecified atom stereocenters. The molecule has 3 rings (SSSR count). The molecule has 8 heteroatoms. The number of hydrogen-bond acceptors (Lipinski definition) is 5. The molecule has 29 heavy (non-hydrogen) atoms. The molecule has 0 aliphatic carbocycles. The van der Waals surface area contributed by atoms with Gasteiger partial charge in [-0.3, -0.25) is 0 Å². The van der Waals surface area contributed by atoms with Crippen LogP contribution in [0.1, 0.15) is 5.56 Å². The van der Waals surface area contributed by atoms with E-state index in [0.717, 1.165) is 18.3 Å². The van der Waals surface area contributed by atoms with E-state index in [1.807, 2.05) is 12.1 Å². The number of benzene rings is 3. The van der Waals surface area contributed by atoms with Crippen molar-refractivity contribution in [2.24, 2.45) is 0 Å². The van der Waals surface area contributed by atoms with Crippen LogP contribution in [0.3, 0.4) is 0 Å². The minimum Gasteiger partial charge on any atom is -0.544 e. The number of ether oxygens (including phenoxy) is 1. The van der Waals surface area contributed by atoms with Gasteiger partial charge in [0.15, 0.2) is 5.75 Å². The summed E-state index contributed by atoms with van der Waals surface area (Å²) in [6.45, 7) is 0. The minimum absolute atomic E-state index is 0.103. The molecular formula is C21H17I2NO5. The molecule has 3 aromatic carbocycles. The maximum absolute atomic E-state index is 10.9. The molecule has 0 aliphatic heterocycles. The lowest BCUT2D eigenvalue weighted by molar-refractivity contribution is -0.437. The van der Waals surface area contributed by atoms with Crippen LogP contribution in [-0.2, 0) is 11.2 Å². The van der Waals surface area contributed by atoms with Crippen LogP contribution in [0.2, 0.25) is 0 Å². The van der Waals surface area contributed by atoms with E-state index < -0.39 is 12.0 Å². The molecule has 0 heterocycles. The highest BCUT2D eigenvalue weighted by atomic mass is 127. The topological polar surface area (TPSA) is 117 Å². The molecule has 0 saturated heterocycles. The second-order valence-corrected chi connectivity index (χ2v) is 8.76. The van der Waals surface area contributed by atoms with Crippen molar-refractivity contribution in [3.05, 3.63) is 67.3 Å². The summed E-state index contributed by atoms with van der Waals surface area (Å²) in [6, 6.07) is 14.4. The van der Waals surface area contributed by atoms with Gasteiger partial charge < -0.3 is 30.6 Å². The Balaban J connectivity index is 1.89. The molecule has 5 N–H and O–H groups in total. The molecular weight excluding hydrogens is 600 g/mol. The monoisotopic (exact) mass is 617 g/mol. The Bertz CT molecular complexity index is 1030. The first kappa shape index (κ1) is 21.7. The average molecular weight is 617 g/mol. The van der Waals surface area contributed by atoms with Crippen LogP contribution in [0.5, 0.6) is 23.0 Å². The van der Waals surface area contributed by atoms with Crippen molar-refractivity contribution in [1.82, 2.24) is 0 Å². The molecule has 0 radical (unpaired) electrons. The fourth-order valence-corrected chi connectivity index (χ4v) is 4.88. The summed E-state index contributed by atoms with van der Waals surface area (Å²) < 4.78 is 7.72. The van der Waals surface area contributed by atoms with E-state index >= 15 is 0 Å². The van der Waals surface area contributed by atoms with Crippen LogP contribution in [0.15, 0.2) is 54.6 Å². The molecule has 0 bridgehead atoms. The van der Waals surface area contributed by atoms with Gasteiger partial charge in [-0.25, -0.2) is 0 Å². The van der Waals surface area contributed by atoms with Crippen molar-refractivity contribution in [3.63, 3.8) is 0 Å². The van der Waals surface area contributed by atoms with Crippen molar-refractivity contribution >= 4 is 51.2 Å². The third-order valence-corrected chi connectivity index (χ3v) is 5.84. The first-order chi connectivity index (χ1) is 13.7. The fourth-order valence-electron chi connectivity index (χ4n) is 2.76. The molecule has 0 saturated carbocycles. The van der Waals surface area contributed by atoms with Crippen LogP contribution < -0.4 is 15.6 Å². The SMILES string of the molecule is [NH3+]C(Cc1cc(I)c(Oc2ccc(O)c(-c3ccc(O)cc3)c2)c(I)c1)C(=O)[O-]. The molecule has 0 amide bonds. The van der Waals surface area contributed by atoms with E-state index in [-0.39, 0.29) is 17.9 Å². The van der Waals surface area contributed by atoms with E-state index in [1.165, 1.54) is 0 Å². The Hall–Kier alpha value is -2.05. The van der Waals surface area contributed by atoms with Crippen molar-refractivity contribution in [1.29, 1.82) is 0 Å². The number of phenols is 2. The number of quaternary nitrogens is 1. The Morgan fingerprint density at radius 1 is 1.03 bits per heavy atom. The number of rotatable bonds is 6. The van der Waals surface area contributed by atoms with Gasteiger partial charge in [0, 0.05) is 12.0 Å². The normalized spacial score (nSPS) is 11.8. The highest BCUT2D eigenvalue weighted by molar-refractivity contribution is 14.1. The number of phenolic OH excluding ortho intramolecular Hbond substituents is 2. The Labute approximate surface area is 194 Å². The molecule has 1 atom stereocenters. The zero-order chi connectivity index (χ0) is 21.1. The van der Waals surface area contributed by atoms with E-state index in [2.05, 4.69) is 50.9 Å². The largest absolute Gasteiger partial charge is 0.544 e. The zero-order valence-corrected chi connectivity index (χ0v) is 19.4. The maximum atomic E-state index is 10.9. The van der Waals surface area contributed by atoms with Crippen molar-refractivity contribution in [2.75, 3.05) is 0 Å². The zero-order valence-electron chi connectivity index (χ0n) is 15.1. The second-order valence-electron chi connectivity index (χ2n) is 6.44. The van der Waals surface area contributed by atoms with Crippen LogP contribution in [0, 0.1) is 7.14 Å².